The van der Waals surface area contributed by atoms with Gasteiger partial charge >= 0.3 is 5.69 Å². The summed E-state index contributed by atoms with van der Waals surface area (Å²) in [6.07, 6.45) is 1.34. The van der Waals surface area contributed by atoms with Crippen molar-refractivity contribution in [3.63, 3.8) is 0 Å². The number of nitro groups is 1. The van der Waals surface area contributed by atoms with Crippen LogP contribution >= 0.6 is 0 Å². The molecule has 1 aromatic rings. The minimum absolute atomic E-state index is 0.0763. The Morgan fingerprint density at radius 1 is 1.59 bits per heavy atom. The average molecular weight is 242 g/mol. The number of rotatable bonds is 7. The Kier molecular flexibility index (Phi) is 4.89. The first-order chi connectivity index (χ1) is 8.11. The fraction of sp³-hybridized carbons (Fsp3) is 0.700. The van der Waals surface area contributed by atoms with E-state index in [4.69, 9.17) is 4.74 Å². The van der Waals surface area contributed by atoms with Gasteiger partial charge in [-0.1, -0.05) is 6.92 Å². The van der Waals surface area contributed by atoms with Gasteiger partial charge < -0.3 is 10.1 Å². The van der Waals surface area contributed by atoms with Crippen LogP contribution in [0.3, 0.4) is 0 Å². The first kappa shape index (κ1) is 13.4. The van der Waals surface area contributed by atoms with Crippen molar-refractivity contribution >= 4 is 11.5 Å². The molecule has 17 heavy (non-hydrogen) atoms. The van der Waals surface area contributed by atoms with Gasteiger partial charge in [-0.25, -0.2) is 4.68 Å². The molecule has 0 aliphatic carbocycles. The second-order valence-corrected chi connectivity index (χ2v) is 3.65. The molecule has 0 aromatic carbocycles. The maximum Gasteiger partial charge on any atom is 0.333 e. The molecule has 96 valence electrons. The van der Waals surface area contributed by atoms with Crippen LogP contribution in [0.25, 0.3) is 0 Å². The highest BCUT2D eigenvalue weighted by molar-refractivity contribution is 5.59. The SMILES string of the molecule is CCc1nn(C)c(NCCCOC)c1[N+](=O)[O-]. The van der Waals surface area contributed by atoms with E-state index in [9.17, 15) is 10.1 Å². The van der Waals surface area contributed by atoms with E-state index in [0.29, 0.717) is 31.1 Å². The van der Waals surface area contributed by atoms with Crippen molar-refractivity contribution in [1.82, 2.24) is 9.78 Å². The predicted octanol–water partition coefficient (Wildman–Crippen LogP) is 1.34. The van der Waals surface area contributed by atoms with Crippen molar-refractivity contribution in [1.29, 1.82) is 0 Å². The Bertz CT molecular complexity index is 389. The molecule has 0 saturated carbocycles. The van der Waals surface area contributed by atoms with E-state index in [1.54, 1.807) is 14.2 Å². The molecule has 0 aliphatic rings. The van der Waals surface area contributed by atoms with Crippen molar-refractivity contribution in [2.45, 2.75) is 19.8 Å². The molecular weight excluding hydrogens is 224 g/mol. The third-order valence-corrected chi connectivity index (χ3v) is 2.43. The Labute approximate surface area is 99.9 Å². The number of aromatic nitrogens is 2. The molecular formula is C10H18N4O3. The van der Waals surface area contributed by atoms with Gasteiger partial charge in [0.05, 0.1) is 4.92 Å². The van der Waals surface area contributed by atoms with Crippen molar-refractivity contribution < 1.29 is 9.66 Å². The number of hydrogen-bond acceptors (Lipinski definition) is 5. The standard InChI is InChI=1S/C10H18N4O3/c1-4-8-9(14(15)16)10(13(2)12-8)11-6-5-7-17-3/h11H,4-7H2,1-3H3. The molecule has 0 amide bonds. The van der Waals surface area contributed by atoms with Crippen LogP contribution in [-0.4, -0.2) is 35.0 Å². The number of hydrogen-bond donors (Lipinski definition) is 1. The summed E-state index contributed by atoms with van der Waals surface area (Å²) in [4.78, 5) is 10.6. The highest BCUT2D eigenvalue weighted by atomic mass is 16.6. The van der Waals surface area contributed by atoms with Gasteiger partial charge in [0.25, 0.3) is 0 Å². The monoisotopic (exact) mass is 242 g/mol. The summed E-state index contributed by atoms with van der Waals surface area (Å²) in [7, 11) is 3.33. The maximum atomic E-state index is 11.0. The lowest BCUT2D eigenvalue weighted by Crippen LogP contribution is -2.09. The first-order valence-corrected chi connectivity index (χ1v) is 5.54. The van der Waals surface area contributed by atoms with Crippen LogP contribution in [0, 0.1) is 10.1 Å². The number of aryl methyl sites for hydroxylation is 2. The summed E-state index contributed by atoms with van der Waals surface area (Å²) < 4.78 is 6.44. The van der Waals surface area contributed by atoms with Gasteiger partial charge in [-0.2, -0.15) is 5.10 Å². The molecule has 0 saturated heterocycles. The molecule has 1 heterocycles. The normalized spacial score (nSPS) is 10.5. The summed E-state index contributed by atoms with van der Waals surface area (Å²) in [5, 5.41) is 18.2. The van der Waals surface area contributed by atoms with E-state index < -0.39 is 0 Å². The minimum Gasteiger partial charge on any atom is -0.385 e. The van der Waals surface area contributed by atoms with Crippen molar-refractivity contribution in [3.05, 3.63) is 15.8 Å². The van der Waals surface area contributed by atoms with E-state index >= 15 is 0 Å². The lowest BCUT2D eigenvalue weighted by molar-refractivity contribution is -0.384. The van der Waals surface area contributed by atoms with Crippen LogP contribution in [0.2, 0.25) is 0 Å². The zero-order valence-corrected chi connectivity index (χ0v) is 10.4. The summed E-state index contributed by atoms with van der Waals surface area (Å²) in [5.41, 5.74) is 0.583. The van der Waals surface area contributed by atoms with Crippen LogP contribution in [0.1, 0.15) is 19.0 Å². The Balaban J connectivity index is 2.82. The van der Waals surface area contributed by atoms with Gasteiger partial charge in [0.15, 0.2) is 0 Å². The second kappa shape index (κ2) is 6.19. The topological polar surface area (TPSA) is 82.2 Å². The van der Waals surface area contributed by atoms with E-state index in [2.05, 4.69) is 10.4 Å². The fourth-order valence-corrected chi connectivity index (χ4v) is 1.62. The summed E-state index contributed by atoms with van der Waals surface area (Å²) in [6.45, 7) is 3.10. The van der Waals surface area contributed by atoms with Gasteiger partial charge in [-0.15, -0.1) is 0 Å². The summed E-state index contributed by atoms with van der Waals surface area (Å²) >= 11 is 0. The minimum atomic E-state index is -0.384. The van der Waals surface area contributed by atoms with E-state index in [1.807, 2.05) is 6.92 Å². The molecule has 0 spiro atoms. The molecule has 1 rings (SSSR count). The average Bonchev–Trinajstić information content (AvgIpc) is 2.61. The highest BCUT2D eigenvalue weighted by Crippen LogP contribution is 2.28. The van der Waals surface area contributed by atoms with Crippen LogP contribution < -0.4 is 5.32 Å². The smallest absolute Gasteiger partial charge is 0.333 e. The third kappa shape index (κ3) is 3.16. The summed E-state index contributed by atoms with van der Waals surface area (Å²) in [5.74, 6) is 0.461. The number of methoxy groups -OCH3 is 1. The number of nitrogens with zero attached hydrogens (tertiary/aromatic N) is 3. The van der Waals surface area contributed by atoms with Gasteiger partial charge in [0, 0.05) is 27.3 Å². The Morgan fingerprint density at radius 2 is 2.29 bits per heavy atom. The van der Waals surface area contributed by atoms with Crippen LogP contribution in [0.5, 0.6) is 0 Å². The fourth-order valence-electron chi connectivity index (χ4n) is 1.62. The van der Waals surface area contributed by atoms with Gasteiger partial charge in [-0.3, -0.25) is 10.1 Å². The molecule has 1 N–H and O–H groups in total. The zero-order valence-electron chi connectivity index (χ0n) is 10.4. The molecule has 0 atom stereocenters. The van der Waals surface area contributed by atoms with Gasteiger partial charge in [0.2, 0.25) is 5.82 Å². The van der Waals surface area contributed by atoms with Gasteiger partial charge in [0.1, 0.15) is 5.69 Å². The zero-order chi connectivity index (χ0) is 12.8. The molecule has 0 bridgehead atoms. The molecule has 1 aromatic heterocycles. The number of anilines is 1. The van der Waals surface area contributed by atoms with Crippen LogP contribution in [-0.2, 0) is 18.2 Å². The van der Waals surface area contributed by atoms with Crippen molar-refractivity contribution in [3.8, 4) is 0 Å². The van der Waals surface area contributed by atoms with E-state index in [-0.39, 0.29) is 10.6 Å². The molecule has 7 heteroatoms. The lowest BCUT2D eigenvalue weighted by Gasteiger charge is -2.05. The molecule has 0 unspecified atom stereocenters. The van der Waals surface area contributed by atoms with Crippen LogP contribution in [0.4, 0.5) is 11.5 Å². The Hall–Kier alpha value is -1.63. The molecule has 7 nitrogen and oxygen atoms in total. The van der Waals surface area contributed by atoms with E-state index in [0.717, 1.165) is 6.42 Å². The predicted molar refractivity (Wildman–Crippen MR) is 64.2 cm³/mol. The van der Waals surface area contributed by atoms with Crippen LogP contribution in [0.15, 0.2) is 0 Å². The lowest BCUT2D eigenvalue weighted by atomic mass is 10.3. The van der Waals surface area contributed by atoms with Crippen molar-refractivity contribution in [2.75, 3.05) is 25.6 Å². The molecule has 0 aliphatic heterocycles. The van der Waals surface area contributed by atoms with E-state index in [1.165, 1.54) is 4.68 Å². The third-order valence-electron chi connectivity index (χ3n) is 2.43. The second-order valence-electron chi connectivity index (χ2n) is 3.65. The Morgan fingerprint density at radius 3 is 2.82 bits per heavy atom. The molecule has 0 fully saturated rings. The molecule has 0 radical (unpaired) electrons. The largest absolute Gasteiger partial charge is 0.385 e. The summed E-state index contributed by atoms with van der Waals surface area (Å²) in [6, 6.07) is 0. The quantitative estimate of drug-likeness (QED) is 0.443. The maximum absolute atomic E-state index is 11.0. The van der Waals surface area contributed by atoms with Gasteiger partial charge in [-0.05, 0) is 12.8 Å². The first-order valence-electron chi connectivity index (χ1n) is 5.54. The number of nitrogens with one attached hydrogen (secondary N) is 1. The van der Waals surface area contributed by atoms with Crippen molar-refractivity contribution in [2.24, 2.45) is 7.05 Å². The highest BCUT2D eigenvalue weighted by Gasteiger charge is 2.24. The number of ether oxygens (including phenoxy) is 1.